The normalized spacial score (nSPS) is 10.4. The molecular weight excluding hydrogens is 372 g/mol. The maximum atomic E-state index is 11.7. The van der Waals surface area contributed by atoms with Gasteiger partial charge in [-0.2, -0.15) is 0 Å². The van der Waals surface area contributed by atoms with Crippen molar-refractivity contribution < 1.29 is 28.6 Å². The molecule has 0 aliphatic rings. The number of esters is 3. The number of unbranched alkanes of at least 4 members (excludes halogenated alkanes) is 3. The summed E-state index contributed by atoms with van der Waals surface area (Å²) < 4.78 is 15.4. The fourth-order valence-corrected chi connectivity index (χ4v) is 2.15. The van der Waals surface area contributed by atoms with Gasteiger partial charge in [-0.3, -0.25) is 0 Å². The van der Waals surface area contributed by atoms with Crippen LogP contribution < -0.4 is 4.74 Å². The van der Waals surface area contributed by atoms with Crippen LogP contribution in [-0.2, 0) is 23.9 Å². The van der Waals surface area contributed by atoms with E-state index in [4.69, 9.17) is 9.47 Å². The van der Waals surface area contributed by atoms with Crippen LogP contribution in [0.2, 0.25) is 0 Å². The van der Waals surface area contributed by atoms with Crippen LogP contribution in [0.4, 0.5) is 0 Å². The largest absolute Gasteiger partial charge is 0.493 e. The molecule has 1 aromatic rings. The molecular formula is C23H28O6. The van der Waals surface area contributed by atoms with Crippen LogP contribution in [0.1, 0.15) is 45.1 Å². The van der Waals surface area contributed by atoms with Crippen molar-refractivity contribution in [1.82, 2.24) is 0 Å². The fraction of sp³-hybridized carbons (Fsp3) is 0.348. The van der Waals surface area contributed by atoms with Gasteiger partial charge in [-0.05, 0) is 51.7 Å². The lowest BCUT2D eigenvalue weighted by atomic mass is 10.2. The molecule has 0 aliphatic heterocycles. The molecule has 6 heteroatoms. The minimum absolute atomic E-state index is 0.157. The molecule has 1 rings (SSSR count). The summed E-state index contributed by atoms with van der Waals surface area (Å²) in [6.45, 7) is 11.0. The van der Waals surface area contributed by atoms with Gasteiger partial charge in [0.15, 0.2) is 0 Å². The number of para-hydroxylation sites is 1. The zero-order valence-electron chi connectivity index (χ0n) is 17.1. The molecule has 6 nitrogen and oxygen atoms in total. The molecule has 0 heterocycles. The summed E-state index contributed by atoms with van der Waals surface area (Å²) in [5.74, 6) is -1.23. The van der Waals surface area contributed by atoms with Gasteiger partial charge in [-0.15, -0.1) is 0 Å². The van der Waals surface area contributed by atoms with Crippen LogP contribution in [0.25, 0.3) is 6.08 Å². The number of rotatable bonds is 12. The van der Waals surface area contributed by atoms with Crippen LogP contribution in [0, 0.1) is 0 Å². The maximum Gasteiger partial charge on any atom is 0.340 e. The van der Waals surface area contributed by atoms with Crippen molar-refractivity contribution in [3.05, 3.63) is 60.2 Å². The Kier molecular flexibility index (Phi) is 10.8. The Balaban J connectivity index is 2.35. The van der Waals surface area contributed by atoms with E-state index in [0.717, 1.165) is 25.7 Å². The average Bonchev–Trinajstić information content (AvgIpc) is 2.68. The summed E-state index contributed by atoms with van der Waals surface area (Å²) in [5.41, 5.74) is 1.27. The predicted molar refractivity (Wildman–Crippen MR) is 111 cm³/mol. The predicted octanol–water partition coefficient (Wildman–Crippen LogP) is 4.40. The second-order valence-electron chi connectivity index (χ2n) is 6.54. The molecule has 0 aromatic heterocycles. The first kappa shape index (κ1) is 23.9. The first-order valence-electron chi connectivity index (χ1n) is 9.45. The van der Waals surface area contributed by atoms with Crippen molar-refractivity contribution in [2.75, 3.05) is 13.2 Å². The molecule has 156 valence electrons. The van der Waals surface area contributed by atoms with Crippen LogP contribution in [0.5, 0.6) is 5.75 Å². The molecule has 29 heavy (non-hydrogen) atoms. The molecule has 0 N–H and O–H groups in total. The van der Waals surface area contributed by atoms with E-state index in [9.17, 15) is 14.4 Å². The lowest BCUT2D eigenvalue weighted by Crippen LogP contribution is -2.10. The highest BCUT2D eigenvalue weighted by Gasteiger charge is 2.08. The van der Waals surface area contributed by atoms with E-state index >= 15 is 0 Å². The van der Waals surface area contributed by atoms with Gasteiger partial charge in [-0.25, -0.2) is 14.4 Å². The molecule has 0 amide bonds. The molecule has 0 saturated heterocycles. The molecule has 0 aliphatic carbocycles. The van der Waals surface area contributed by atoms with Crippen LogP contribution >= 0.6 is 0 Å². The smallest absolute Gasteiger partial charge is 0.340 e. The van der Waals surface area contributed by atoms with Crippen LogP contribution in [0.3, 0.4) is 0 Å². The van der Waals surface area contributed by atoms with Crippen LogP contribution in [0.15, 0.2) is 54.6 Å². The highest BCUT2D eigenvalue weighted by Crippen LogP contribution is 2.20. The van der Waals surface area contributed by atoms with Gasteiger partial charge in [0.1, 0.15) is 5.75 Å². The second-order valence-corrected chi connectivity index (χ2v) is 6.54. The van der Waals surface area contributed by atoms with Crippen molar-refractivity contribution in [2.24, 2.45) is 0 Å². The van der Waals surface area contributed by atoms with Crippen molar-refractivity contribution in [2.45, 2.75) is 39.5 Å². The minimum atomic E-state index is -0.764. The monoisotopic (exact) mass is 400 g/mol. The third kappa shape index (κ3) is 10.1. The zero-order valence-corrected chi connectivity index (χ0v) is 17.1. The Hall–Kier alpha value is -3.15. The highest BCUT2D eigenvalue weighted by molar-refractivity contribution is 6.00. The van der Waals surface area contributed by atoms with Crippen molar-refractivity contribution in [3.63, 3.8) is 0 Å². The molecule has 0 radical (unpaired) electrons. The van der Waals surface area contributed by atoms with Gasteiger partial charge >= 0.3 is 17.9 Å². The summed E-state index contributed by atoms with van der Waals surface area (Å²) in [4.78, 5) is 34.2. The van der Waals surface area contributed by atoms with E-state index in [1.165, 1.54) is 13.0 Å². The van der Waals surface area contributed by atoms with Crippen molar-refractivity contribution in [1.29, 1.82) is 0 Å². The van der Waals surface area contributed by atoms with E-state index in [2.05, 4.69) is 17.9 Å². The van der Waals surface area contributed by atoms with E-state index in [0.29, 0.717) is 30.1 Å². The summed E-state index contributed by atoms with van der Waals surface area (Å²) in [6.07, 6.45) is 6.23. The van der Waals surface area contributed by atoms with Crippen molar-refractivity contribution in [3.8, 4) is 5.75 Å². The lowest BCUT2D eigenvalue weighted by Gasteiger charge is -2.09. The maximum absolute atomic E-state index is 11.7. The van der Waals surface area contributed by atoms with Crippen LogP contribution in [-0.4, -0.2) is 31.1 Å². The first-order chi connectivity index (χ1) is 13.8. The molecule has 1 aromatic carbocycles. The molecule has 0 saturated carbocycles. The SMILES string of the molecule is C=C(C)C(=O)OCCCCCCOc1ccccc1C=CC(=O)OC(=O)C(=C)C. The van der Waals surface area contributed by atoms with E-state index < -0.39 is 11.9 Å². The molecule has 0 fully saturated rings. The molecule has 0 bridgehead atoms. The highest BCUT2D eigenvalue weighted by atomic mass is 16.6. The van der Waals surface area contributed by atoms with E-state index in [1.54, 1.807) is 25.1 Å². The lowest BCUT2D eigenvalue weighted by molar-refractivity contribution is -0.153. The zero-order chi connectivity index (χ0) is 21.6. The first-order valence-corrected chi connectivity index (χ1v) is 9.45. The Bertz CT molecular complexity index is 775. The molecule has 0 spiro atoms. The minimum Gasteiger partial charge on any atom is -0.493 e. The van der Waals surface area contributed by atoms with Gasteiger partial charge in [0.2, 0.25) is 0 Å². The second kappa shape index (κ2) is 13.1. The molecule has 0 atom stereocenters. The van der Waals surface area contributed by atoms with Crippen molar-refractivity contribution >= 4 is 24.0 Å². The van der Waals surface area contributed by atoms with E-state index in [-0.39, 0.29) is 11.5 Å². The molecule has 0 unspecified atom stereocenters. The quantitative estimate of drug-likeness (QED) is 0.224. The summed E-state index contributed by atoms with van der Waals surface area (Å²) in [7, 11) is 0. The van der Waals surface area contributed by atoms with E-state index in [1.807, 2.05) is 12.1 Å². The number of ether oxygens (including phenoxy) is 3. The summed E-state index contributed by atoms with van der Waals surface area (Å²) >= 11 is 0. The van der Waals surface area contributed by atoms with Gasteiger partial charge in [-0.1, -0.05) is 31.4 Å². The third-order valence-corrected chi connectivity index (χ3v) is 3.74. The number of benzene rings is 1. The Labute approximate surface area is 171 Å². The Morgan fingerprint density at radius 2 is 1.52 bits per heavy atom. The third-order valence-electron chi connectivity index (χ3n) is 3.74. The summed E-state index contributed by atoms with van der Waals surface area (Å²) in [6, 6.07) is 7.27. The number of hydrogen-bond donors (Lipinski definition) is 0. The average molecular weight is 400 g/mol. The number of carbonyl (C=O) groups excluding carboxylic acids is 3. The van der Waals surface area contributed by atoms with Gasteiger partial charge in [0.05, 0.1) is 13.2 Å². The van der Waals surface area contributed by atoms with Gasteiger partial charge in [0, 0.05) is 22.8 Å². The van der Waals surface area contributed by atoms with Gasteiger partial charge in [0.25, 0.3) is 0 Å². The topological polar surface area (TPSA) is 78.9 Å². The fourth-order valence-electron chi connectivity index (χ4n) is 2.15. The standard InChI is InChI=1S/C23H28O6/c1-17(2)22(25)28-16-10-6-5-9-15-27-20-12-8-7-11-19(20)13-14-21(24)29-23(26)18(3)4/h7-8,11-14H,1,3,5-6,9-10,15-16H2,2,4H3. The Morgan fingerprint density at radius 1 is 0.897 bits per heavy atom. The number of hydrogen-bond acceptors (Lipinski definition) is 6. The summed E-state index contributed by atoms with van der Waals surface area (Å²) in [5, 5.41) is 0. The Morgan fingerprint density at radius 3 is 2.17 bits per heavy atom. The number of carbonyl (C=O) groups is 3. The van der Waals surface area contributed by atoms with Gasteiger partial charge < -0.3 is 14.2 Å².